The third kappa shape index (κ3) is 18.0. The van der Waals surface area contributed by atoms with E-state index in [1.165, 1.54) is 48.8 Å². The summed E-state index contributed by atoms with van der Waals surface area (Å²) in [5.41, 5.74) is 28.0. The number of hydrogen-bond donors (Lipinski definition) is 0. The maximum absolute atomic E-state index is 5.07. The first-order valence-electron chi connectivity index (χ1n) is 48.9. The van der Waals surface area contributed by atoms with Crippen LogP contribution in [0.1, 0.15) is 0 Å². The SMILES string of the molecule is c1ccc(-c2cc(-c3cc4cc5ccccc5cn4n3)nc(-c3ccccc3)n2)cc1.c1ccc(-c2ccc(-c3nc(-c4cc5cc6ccccc6cn5n4)nc4ccccc34)cc2)cc1.c1ccc2cc(-c3cc(-c4cc5cc6ccccc6cn5n4)nc(-c4ccc5ccccc5c4)n3)ccc2c1.c1ccc2cn3nc(-c4nc(-c5ccc(-c6ccncc6)cc5)cc(-c5ccc(-c6ccncc6)cc5)n4)cc3cc2c1. The van der Waals surface area contributed by atoms with E-state index in [2.05, 4.69) is 374 Å². The molecule has 0 saturated heterocycles. The topological polar surface area (TPSA) is 198 Å². The number of aromatic nitrogens is 18. The second kappa shape index (κ2) is 38.5. The summed E-state index contributed by atoms with van der Waals surface area (Å²) in [5, 5.41) is 34.6. The Hall–Kier alpha value is -20.5. The zero-order valence-electron chi connectivity index (χ0n) is 79.5. The van der Waals surface area contributed by atoms with Crippen LogP contribution in [0, 0.1) is 0 Å². The van der Waals surface area contributed by atoms with Gasteiger partial charge in [-0.15, -0.1) is 0 Å². The largest absolute Gasteiger partial charge is 0.265 e. The second-order valence-electron chi connectivity index (χ2n) is 36.4. The molecule has 15 aromatic carbocycles. The fourth-order valence-electron chi connectivity index (χ4n) is 19.2. The van der Waals surface area contributed by atoms with E-state index in [-0.39, 0.29) is 0 Å². The lowest BCUT2D eigenvalue weighted by molar-refractivity contribution is 0.964. The van der Waals surface area contributed by atoms with Gasteiger partial charge in [-0.25, -0.2) is 57.9 Å². The molecule has 18 heteroatoms. The van der Waals surface area contributed by atoms with Crippen LogP contribution in [0.4, 0.5) is 0 Å². The van der Waals surface area contributed by atoms with Crippen molar-refractivity contribution in [3.8, 4) is 158 Å². The standard InChI is InChI=1S/C37H24N6.C35H22N4.C31H20N4.C27H18N4/c1-2-4-32-24-43-33(21-31(32)3-1)22-36(42-43)37-40-34(29-9-5-25(6-10-29)27-13-17-38-18-14-27)23-35(41-37)30-11-7-26(8-12-30)28-15-19-39-20-16-28;1-3-9-25-17-28(15-13-23(25)7-1)32-21-33(34-20-31-19-27-11-5-6-12-30(27)22-39(31)38-34)37-35(36-32)29-16-14-24-8-2-4-10-26(24)18-29;1-2-8-21(9-3-1)22-14-16-23(17-15-22)30-27-12-6-7-13-28(27)32-31(33-30)29-19-26-18-24-10-4-5-11-25(24)20-35(26)34-29;1-3-9-19(10-4-1)24-17-25(29-27(28-24)20-11-5-2-6-12-20)26-16-23-15-21-13-7-8-14-22(21)18-31(23)30-26/h1-24H;1-22H;1-20H;1-18H. The van der Waals surface area contributed by atoms with Crippen molar-refractivity contribution < 1.29 is 0 Å². The molecule has 0 N–H and O–H groups in total. The second-order valence-corrected chi connectivity index (χ2v) is 36.4. The summed E-state index contributed by atoms with van der Waals surface area (Å²) in [6.07, 6.45) is 15.5. The van der Waals surface area contributed by atoms with Crippen LogP contribution < -0.4 is 0 Å². The van der Waals surface area contributed by atoms with Gasteiger partial charge in [-0.2, -0.15) is 20.4 Å². The number of hydrogen-bond acceptors (Lipinski definition) is 14. The van der Waals surface area contributed by atoms with Gasteiger partial charge in [-0.3, -0.25) is 9.97 Å². The van der Waals surface area contributed by atoms with Crippen LogP contribution in [-0.2, 0) is 0 Å². The molecule has 694 valence electrons. The van der Waals surface area contributed by atoms with Crippen molar-refractivity contribution in [2.75, 3.05) is 0 Å². The van der Waals surface area contributed by atoms with E-state index >= 15 is 0 Å². The van der Waals surface area contributed by atoms with E-state index in [0.717, 1.165) is 184 Å². The molecule has 0 saturated carbocycles. The van der Waals surface area contributed by atoms with Gasteiger partial charge in [0.2, 0.25) is 0 Å². The summed E-state index contributed by atoms with van der Waals surface area (Å²) in [4.78, 5) is 48.1. The van der Waals surface area contributed by atoms with Crippen molar-refractivity contribution in [1.82, 2.24) is 88.3 Å². The highest BCUT2D eigenvalue weighted by molar-refractivity contribution is 5.97. The molecule has 0 amide bonds. The number of fused-ring (bicyclic) bond motifs is 11. The Morgan fingerprint density at radius 3 is 0.845 bits per heavy atom. The first-order valence-corrected chi connectivity index (χ1v) is 48.9. The van der Waals surface area contributed by atoms with E-state index in [1.54, 1.807) is 0 Å². The minimum Gasteiger partial charge on any atom is -0.265 e. The zero-order chi connectivity index (χ0) is 98.2. The molecular formula is C130H84N18. The maximum Gasteiger partial charge on any atom is 0.181 e. The van der Waals surface area contributed by atoms with Gasteiger partial charge in [0.25, 0.3) is 0 Å². The van der Waals surface area contributed by atoms with Gasteiger partial charge in [0, 0.05) is 115 Å². The lowest BCUT2D eigenvalue weighted by Crippen LogP contribution is -1.97. The van der Waals surface area contributed by atoms with Gasteiger partial charge in [-0.1, -0.05) is 352 Å². The molecule has 148 heavy (non-hydrogen) atoms. The zero-order valence-corrected chi connectivity index (χ0v) is 79.5. The quantitative estimate of drug-likeness (QED) is 0.0996. The average Bonchev–Trinajstić information content (AvgIpc) is 1.60. The summed E-state index contributed by atoms with van der Waals surface area (Å²) >= 11 is 0. The summed E-state index contributed by atoms with van der Waals surface area (Å²) < 4.78 is 7.67. The molecule has 0 unspecified atom stereocenters. The van der Waals surface area contributed by atoms with Crippen molar-refractivity contribution in [3.05, 3.63) is 511 Å². The molecule has 0 atom stereocenters. The van der Waals surface area contributed by atoms with Crippen LogP contribution in [0.15, 0.2) is 511 Å². The van der Waals surface area contributed by atoms with Gasteiger partial charge in [0.05, 0.1) is 67.4 Å². The molecule has 0 aliphatic heterocycles. The van der Waals surface area contributed by atoms with Crippen LogP contribution >= 0.6 is 0 Å². The summed E-state index contributed by atoms with van der Waals surface area (Å²) in [6, 6.07) is 158. The van der Waals surface area contributed by atoms with Crippen molar-refractivity contribution in [1.29, 1.82) is 0 Å². The number of nitrogens with zero attached hydrogens (tertiary/aromatic N) is 18. The van der Waals surface area contributed by atoms with Gasteiger partial charge < -0.3 is 0 Å². The first kappa shape index (κ1) is 87.7. The predicted octanol–water partition coefficient (Wildman–Crippen LogP) is 30.7. The Bertz CT molecular complexity index is 9580. The molecular weight excluding hydrogens is 1810 g/mol. The molecule has 0 spiro atoms. The van der Waals surface area contributed by atoms with Crippen molar-refractivity contribution >= 4 is 97.6 Å². The highest BCUT2D eigenvalue weighted by atomic mass is 15.2. The molecule has 0 aliphatic carbocycles. The fourth-order valence-corrected chi connectivity index (χ4v) is 19.2. The molecule has 0 radical (unpaired) electrons. The van der Waals surface area contributed by atoms with Crippen LogP contribution in [0.3, 0.4) is 0 Å². The lowest BCUT2D eigenvalue weighted by Gasteiger charge is -2.10. The first-order chi connectivity index (χ1) is 73.2. The maximum atomic E-state index is 5.07. The van der Waals surface area contributed by atoms with E-state index in [4.69, 9.17) is 60.3 Å². The molecule has 29 rings (SSSR count). The normalized spacial score (nSPS) is 11.4. The molecule has 0 aliphatic rings. The predicted molar refractivity (Wildman–Crippen MR) is 597 cm³/mol. The Balaban J connectivity index is 0.000000101. The Morgan fingerprint density at radius 2 is 0.412 bits per heavy atom. The smallest absolute Gasteiger partial charge is 0.181 e. The van der Waals surface area contributed by atoms with Crippen LogP contribution in [-0.4, -0.2) is 88.3 Å². The minimum absolute atomic E-state index is 0.580. The van der Waals surface area contributed by atoms with E-state index in [0.29, 0.717) is 23.3 Å². The van der Waals surface area contributed by atoms with E-state index < -0.39 is 0 Å². The van der Waals surface area contributed by atoms with Gasteiger partial charge in [-0.05, 0) is 186 Å². The highest BCUT2D eigenvalue weighted by Crippen LogP contribution is 2.39. The van der Waals surface area contributed by atoms with Crippen LogP contribution in [0.2, 0.25) is 0 Å². The van der Waals surface area contributed by atoms with E-state index in [1.807, 2.05) is 164 Å². The molecule has 29 aromatic rings. The summed E-state index contributed by atoms with van der Waals surface area (Å²) in [5.74, 6) is 2.58. The Kier molecular flexibility index (Phi) is 22.8. The van der Waals surface area contributed by atoms with E-state index in [9.17, 15) is 0 Å². The minimum atomic E-state index is 0.580. The molecule has 0 fully saturated rings. The Morgan fingerprint density at radius 1 is 0.142 bits per heavy atom. The number of pyridine rings is 6. The highest BCUT2D eigenvalue weighted by Gasteiger charge is 2.22. The van der Waals surface area contributed by atoms with Crippen molar-refractivity contribution in [3.63, 3.8) is 0 Å². The number of benzene rings is 15. The molecule has 14 heterocycles. The Labute approximate surface area is 849 Å². The average molecular weight is 1900 g/mol. The van der Waals surface area contributed by atoms with Crippen LogP contribution in [0.5, 0.6) is 0 Å². The monoisotopic (exact) mass is 1900 g/mol. The number of rotatable bonds is 14. The van der Waals surface area contributed by atoms with Gasteiger partial charge in [0.15, 0.2) is 23.3 Å². The third-order valence-electron chi connectivity index (χ3n) is 26.9. The molecule has 14 aromatic heterocycles. The third-order valence-corrected chi connectivity index (χ3v) is 26.9. The van der Waals surface area contributed by atoms with Crippen LogP contribution in [0.25, 0.3) is 256 Å². The van der Waals surface area contributed by atoms with Crippen molar-refractivity contribution in [2.45, 2.75) is 0 Å². The summed E-state index contributed by atoms with van der Waals surface area (Å²) in [7, 11) is 0. The van der Waals surface area contributed by atoms with Gasteiger partial charge in [0.1, 0.15) is 22.8 Å². The van der Waals surface area contributed by atoms with Crippen molar-refractivity contribution in [2.24, 2.45) is 0 Å². The number of para-hydroxylation sites is 1. The van der Waals surface area contributed by atoms with Gasteiger partial charge >= 0.3 is 0 Å². The molecule has 18 nitrogen and oxygen atoms in total. The summed E-state index contributed by atoms with van der Waals surface area (Å²) in [6.45, 7) is 0. The lowest BCUT2D eigenvalue weighted by atomic mass is 10.0. The molecule has 0 bridgehead atoms. The fraction of sp³-hybridized carbons (Fsp3) is 0.